The molecule has 5 nitrogen and oxygen atoms in total. The van der Waals surface area contributed by atoms with Crippen LogP contribution < -0.4 is 5.32 Å². The van der Waals surface area contributed by atoms with Gasteiger partial charge in [-0.15, -0.1) is 0 Å². The molecule has 1 aliphatic rings. The quantitative estimate of drug-likeness (QED) is 0.847. The second-order valence-corrected chi connectivity index (χ2v) is 6.12. The van der Waals surface area contributed by atoms with Gasteiger partial charge in [-0.25, -0.2) is 0 Å². The number of carbonyl (C=O) groups excluding carboxylic acids is 2. The van der Waals surface area contributed by atoms with Gasteiger partial charge in [-0.05, 0) is 26.3 Å². The molecule has 1 amide bonds. The van der Waals surface area contributed by atoms with Crippen molar-refractivity contribution in [1.82, 2.24) is 5.32 Å². The van der Waals surface area contributed by atoms with Crippen LogP contribution in [0.15, 0.2) is 30.3 Å². The standard InChI is InChI=1S/C18H25NO4/c1-12(15-7-5-4-6-8-15)19-18(21)10-16-9-17(11-20)23-14(3)13(2)22-16/h4-8,11-14,16-17H,9-10H2,1-3H3,(H,19,21). The maximum absolute atomic E-state index is 12.3. The molecule has 0 aliphatic carbocycles. The molecule has 5 unspecified atom stereocenters. The van der Waals surface area contributed by atoms with Crippen LogP contribution in [0.5, 0.6) is 0 Å². The third kappa shape index (κ3) is 5.15. The Kier molecular flexibility index (Phi) is 6.30. The highest BCUT2D eigenvalue weighted by Gasteiger charge is 2.30. The van der Waals surface area contributed by atoms with Crippen molar-refractivity contribution in [2.24, 2.45) is 0 Å². The predicted octanol–water partition coefficient (Wildman–Crippen LogP) is 2.40. The number of rotatable bonds is 5. The molecular formula is C18H25NO4. The lowest BCUT2D eigenvalue weighted by Gasteiger charge is -2.21. The number of ether oxygens (including phenoxy) is 2. The first-order valence-electron chi connectivity index (χ1n) is 8.10. The molecular weight excluding hydrogens is 294 g/mol. The minimum absolute atomic E-state index is 0.0658. The van der Waals surface area contributed by atoms with Crippen LogP contribution in [0.3, 0.4) is 0 Å². The van der Waals surface area contributed by atoms with Crippen molar-refractivity contribution in [1.29, 1.82) is 0 Å². The fourth-order valence-electron chi connectivity index (χ4n) is 2.72. The van der Waals surface area contributed by atoms with E-state index >= 15 is 0 Å². The number of hydrogen-bond donors (Lipinski definition) is 1. The topological polar surface area (TPSA) is 64.6 Å². The number of hydrogen-bond acceptors (Lipinski definition) is 4. The summed E-state index contributed by atoms with van der Waals surface area (Å²) >= 11 is 0. The van der Waals surface area contributed by atoms with Crippen molar-refractivity contribution in [3.8, 4) is 0 Å². The van der Waals surface area contributed by atoms with Gasteiger partial charge in [0.2, 0.25) is 5.91 Å². The lowest BCUT2D eigenvalue weighted by molar-refractivity contribution is -0.126. The van der Waals surface area contributed by atoms with E-state index in [1.807, 2.05) is 51.1 Å². The van der Waals surface area contributed by atoms with Gasteiger partial charge in [0, 0.05) is 6.42 Å². The Morgan fingerprint density at radius 1 is 1.26 bits per heavy atom. The summed E-state index contributed by atoms with van der Waals surface area (Å²) in [7, 11) is 0. The smallest absolute Gasteiger partial charge is 0.223 e. The van der Waals surface area contributed by atoms with Crippen molar-refractivity contribution in [3.05, 3.63) is 35.9 Å². The monoisotopic (exact) mass is 319 g/mol. The Morgan fingerprint density at radius 2 is 1.91 bits per heavy atom. The number of benzene rings is 1. The lowest BCUT2D eigenvalue weighted by Crippen LogP contribution is -2.33. The van der Waals surface area contributed by atoms with E-state index in [4.69, 9.17) is 9.47 Å². The summed E-state index contributed by atoms with van der Waals surface area (Å²) in [6.45, 7) is 5.72. The molecule has 126 valence electrons. The summed E-state index contributed by atoms with van der Waals surface area (Å²) in [4.78, 5) is 23.3. The van der Waals surface area contributed by atoms with Crippen LogP contribution in [0, 0.1) is 0 Å². The molecule has 0 radical (unpaired) electrons. The zero-order chi connectivity index (χ0) is 16.8. The first kappa shape index (κ1) is 17.6. The Morgan fingerprint density at radius 3 is 2.57 bits per heavy atom. The van der Waals surface area contributed by atoms with E-state index in [1.54, 1.807) is 0 Å². The highest BCUT2D eigenvalue weighted by molar-refractivity contribution is 5.77. The molecule has 1 N–H and O–H groups in total. The average Bonchev–Trinajstić information content (AvgIpc) is 2.66. The van der Waals surface area contributed by atoms with E-state index in [2.05, 4.69) is 5.32 Å². The molecule has 1 saturated heterocycles. The molecule has 2 rings (SSSR count). The molecule has 1 aromatic rings. The third-order valence-corrected chi connectivity index (χ3v) is 4.19. The zero-order valence-corrected chi connectivity index (χ0v) is 13.9. The molecule has 0 saturated carbocycles. The molecule has 23 heavy (non-hydrogen) atoms. The van der Waals surface area contributed by atoms with Crippen molar-refractivity contribution in [2.45, 2.75) is 64.1 Å². The van der Waals surface area contributed by atoms with Crippen LogP contribution in [-0.2, 0) is 19.1 Å². The second kappa shape index (κ2) is 8.22. The Bertz CT molecular complexity index is 519. The van der Waals surface area contributed by atoms with Gasteiger partial charge in [0.15, 0.2) is 0 Å². The van der Waals surface area contributed by atoms with Gasteiger partial charge >= 0.3 is 0 Å². The number of carbonyl (C=O) groups is 2. The summed E-state index contributed by atoms with van der Waals surface area (Å²) in [5.41, 5.74) is 1.05. The molecule has 1 heterocycles. The average molecular weight is 319 g/mol. The molecule has 5 atom stereocenters. The highest BCUT2D eigenvalue weighted by Crippen LogP contribution is 2.21. The minimum Gasteiger partial charge on any atom is -0.372 e. The van der Waals surface area contributed by atoms with Gasteiger partial charge in [0.1, 0.15) is 12.4 Å². The molecule has 1 fully saturated rings. The van der Waals surface area contributed by atoms with Crippen LogP contribution >= 0.6 is 0 Å². The van der Waals surface area contributed by atoms with Gasteiger partial charge in [-0.3, -0.25) is 4.79 Å². The molecule has 1 aromatic carbocycles. The second-order valence-electron chi connectivity index (χ2n) is 6.12. The predicted molar refractivity (Wildman–Crippen MR) is 87.0 cm³/mol. The lowest BCUT2D eigenvalue weighted by atomic mass is 10.1. The van der Waals surface area contributed by atoms with Crippen molar-refractivity contribution >= 4 is 12.2 Å². The van der Waals surface area contributed by atoms with Crippen LogP contribution in [0.4, 0.5) is 0 Å². The van der Waals surface area contributed by atoms with Gasteiger partial charge in [-0.1, -0.05) is 30.3 Å². The van der Waals surface area contributed by atoms with E-state index < -0.39 is 6.10 Å². The normalized spacial score (nSPS) is 29.3. The fourth-order valence-corrected chi connectivity index (χ4v) is 2.72. The molecule has 0 spiro atoms. The zero-order valence-electron chi connectivity index (χ0n) is 13.9. The molecule has 1 aliphatic heterocycles. The molecule has 0 bridgehead atoms. The first-order chi connectivity index (χ1) is 11.0. The number of nitrogens with one attached hydrogen (secondary N) is 1. The van der Waals surface area contributed by atoms with Crippen LogP contribution in [0.1, 0.15) is 45.2 Å². The van der Waals surface area contributed by atoms with Gasteiger partial charge in [0.25, 0.3) is 0 Å². The van der Waals surface area contributed by atoms with E-state index in [0.29, 0.717) is 6.42 Å². The van der Waals surface area contributed by atoms with Crippen molar-refractivity contribution in [2.75, 3.05) is 0 Å². The van der Waals surface area contributed by atoms with Crippen LogP contribution in [0.2, 0.25) is 0 Å². The number of amides is 1. The summed E-state index contributed by atoms with van der Waals surface area (Å²) in [5.74, 6) is -0.0854. The van der Waals surface area contributed by atoms with Gasteiger partial charge < -0.3 is 19.6 Å². The Labute approximate surface area is 137 Å². The van der Waals surface area contributed by atoms with E-state index in [1.165, 1.54) is 0 Å². The largest absolute Gasteiger partial charge is 0.372 e. The maximum Gasteiger partial charge on any atom is 0.223 e. The van der Waals surface area contributed by atoms with E-state index in [0.717, 1.165) is 11.8 Å². The summed E-state index contributed by atoms with van der Waals surface area (Å²) in [6, 6.07) is 9.73. The first-order valence-corrected chi connectivity index (χ1v) is 8.10. The van der Waals surface area contributed by atoms with Crippen LogP contribution in [-0.4, -0.2) is 36.6 Å². The molecule has 0 aromatic heterocycles. The minimum atomic E-state index is -0.515. The van der Waals surface area contributed by atoms with Crippen molar-refractivity contribution < 1.29 is 19.1 Å². The van der Waals surface area contributed by atoms with Crippen LogP contribution in [0.25, 0.3) is 0 Å². The highest BCUT2D eigenvalue weighted by atomic mass is 16.6. The Hall–Kier alpha value is -1.72. The summed E-state index contributed by atoms with van der Waals surface area (Å²) < 4.78 is 11.5. The van der Waals surface area contributed by atoms with Crippen molar-refractivity contribution in [3.63, 3.8) is 0 Å². The van der Waals surface area contributed by atoms with E-state index in [9.17, 15) is 9.59 Å². The SMILES string of the molecule is CC(NC(=O)CC1CC(C=O)OC(C)C(C)O1)c1ccccc1. The van der Waals surface area contributed by atoms with E-state index in [-0.39, 0.29) is 36.7 Å². The maximum atomic E-state index is 12.3. The van der Waals surface area contributed by atoms with Gasteiger partial charge in [0.05, 0.1) is 30.8 Å². The summed E-state index contributed by atoms with van der Waals surface area (Å²) in [5, 5.41) is 2.97. The number of aldehydes is 1. The van der Waals surface area contributed by atoms with Gasteiger partial charge in [-0.2, -0.15) is 0 Å². The Balaban J connectivity index is 1.92. The fraction of sp³-hybridized carbons (Fsp3) is 0.556. The molecule has 5 heteroatoms. The summed E-state index contributed by atoms with van der Waals surface area (Å²) in [6.07, 6.45) is 0.279. The third-order valence-electron chi connectivity index (χ3n) is 4.19.